The van der Waals surface area contributed by atoms with Crippen LogP contribution < -0.4 is 5.32 Å². The highest BCUT2D eigenvalue weighted by Crippen LogP contribution is 2.30. The first kappa shape index (κ1) is 16.3. The van der Waals surface area contributed by atoms with Gasteiger partial charge in [-0.1, -0.05) is 39.0 Å². The average Bonchev–Trinajstić information content (AvgIpc) is 3.06. The van der Waals surface area contributed by atoms with Gasteiger partial charge in [0, 0.05) is 51.2 Å². The number of nitrogens with zero attached hydrogens (tertiary/aromatic N) is 2. The topological polar surface area (TPSA) is 35.6 Å². The minimum absolute atomic E-state index is 0.227. The van der Waals surface area contributed by atoms with Crippen molar-refractivity contribution in [1.82, 2.24) is 15.1 Å². The van der Waals surface area contributed by atoms with E-state index < -0.39 is 0 Å². The van der Waals surface area contributed by atoms with Crippen molar-refractivity contribution in [3.05, 3.63) is 0 Å². The molecule has 0 spiro atoms. The van der Waals surface area contributed by atoms with Crippen molar-refractivity contribution in [2.24, 2.45) is 11.8 Å². The lowest BCUT2D eigenvalue weighted by atomic mass is 9.83. The fraction of sp³-hybridized carbons (Fsp3) is 0.944. The molecule has 2 saturated heterocycles. The van der Waals surface area contributed by atoms with Crippen LogP contribution in [0.4, 0.5) is 0 Å². The standard InChI is InChI=1S/C18H33N3O/c1-15(13-16-5-3-2-4-6-16)18(22)21-10-7-17(14-21)20-11-8-19-9-12-20/h15-17,19H,2-14H2,1H3. The van der Waals surface area contributed by atoms with Gasteiger partial charge >= 0.3 is 0 Å². The summed E-state index contributed by atoms with van der Waals surface area (Å²) >= 11 is 0. The maximum absolute atomic E-state index is 12.7. The molecule has 1 amide bonds. The van der Waals surface area contributed by atoms with Crippen LogP contribution in [0.25, 0.3) is 0 Å². The molecular formula is C18H33N3O. The lowest BCUT2D eigenvalue weighted by Crippen LogP contribution is -2.49. The largest absolute Gasteiger partial charge is 0.341 e. The molecule has 3 fully saturated rings. The van der Waals surface area contributed by atoms with E-state index in [1.165, 1.54) is 38.5 Å². The van der Waals surface area contributed by atoms with Gasteiger partial charge in [0.05, 0.1) is 0 Å². The van der Waals surface area contributed by atoms with Crippen LogP contribution in [0.15, 0.2) is 0 Å². The molecule has 0 aromatic rings. The summed E-state index contributed by atoms with van der Waals surface area (Å²) in [6, 6.07) is 0.605. The van der Waals surface area contributed by atoms with Gasteiger partial charge < -0.3 is 10.2 Å². The van der Waals surface area contributed by atoms with Gasteiger partial charge in [0.2, 0.25) is 5.91 Å². The molecule has 0 aromatic carbocycles. The third-order valence-electron chi connectivity index (χ3n) is 5.98. The summed E-state index contributed by atoms with van der Waals surface area (Å²) < 4.78 is 0. The van der Waals surface area contributed by atoms with Gasteiger partial charge in [-0.15, -0.1) is 0 Å². The molecule has 1 saturated carbocycles. The zero-order valence-corrected chi connectivity index (χ0v) is 14.2. The van der Waals surface area contributed by atoms with E-state index in [-0.39, 0.29) is 5.92 Å². The number of amides is 1. The van der Waals surface area contributed by atoms with Crippen LogP contribution in [0, 0.1) is 11.8 Å². The zero-order chi connectivity index (χ0) is 15.4. The van der Waals surface area contributed by atoms with Crippen molar-refractivity contribution < 1.29 is 4.79 Å². The first-order chi connectivity index (χ1) is 10.7. The van der Waals surface area contributed by atoms with Gasteiger partial charge in [0.1, 0.15) is 0 Å². The summed E-state index contributed by atoms with van der Waals surface area (Å²) in [5.41, 5.74) is 0. The van der Waals surface area contributed by atoms with Crippen molar-refractivity contribution >= 4 is 5.91 Å². The SMILES string of the molecule is CC(CC1CCCCC1)C(=O)N1CCC(N2CCNCC2)C1. The van der Waals surface area contributed by atoms with Crippen LogP contribution in [-0.2, 0) is 4.79 Å². The first-order valence-corrected chi connectivity index (χ1v) is 9.47. The van der Waals surface area contributed by atoms with Crippen molar-refractivity contribution in [1.29, 1.82) is 0 Å². The Balaban J connectivity index is 1.45. The lowest BCUT2D eigenvalue weighted by Gasteiger charge is -2.33. The Morgan fingerprint density at radius 3 is 2.55 bits per heavy atom. The number of hydrogen-bond acceptors (Lipinski definition) is 3. The average molecular weight is 307 g/mol. The Morgan fingerprint density at radius 1 is 1.09 bits per heavy atom. The molecule has 22 heavy (non-hydrogen) atoms. The van der Waals surface area contributed by atoms with E-state index in [0.29, 0.717) is 11.9 Å². The Morgan fingerprint density at radius 2 is 1.82 bits per heavy atom. The second-order valence-corrected chi connectivity index (χ2v) is 7.65. The fourth-order valence-corrected chi connectivity index (χ4v) is 4.62. The quantitative estimate of drug-likeness (QED) is 0.864. The van der Waals surface area contributed by atoms with Gasteiger partial charge in [0.25, 0.3) is 0 Å². The van der Waals surface area contributed by atoms with Gasteiger partial charge in [-0.25, -0.2) is 0 Å². The summed E-state index contributed by atoms with van der Waals surface area (Å²) in [5.74, 6) is 1.45. The first-order valence-electron chi connectivity index (χ1n) is 9.47. The second kappa shape index (κ2) is 7.78. The van der Waals surface area contributed by atoms with Gasteiger partial charge in [-0.05, 0) is 18.8 Å². The smallest absolute Gasteiger partial charge is 0.225 e. The highest BCUT2D eigenvalue weighted by Gasteiger charge is 2.33. The molecule has 0 bridgehead atoms. The van der Waals surface area contributed by atoms with E-state index in [2.05, 4.69) is 22.0 Å². The van der Waals surface area contributed by atoms with Crippen molar-refractivity contribution in [3.8, 4) is 0 Å². The number of nitrogens with one attached hydrogen (secondary N) is 1. The fourth-order valence-electron chi connectivity index (χ4n) is 4.62. The van der Waals surface area contributed by atoms with Gasteiger partial charge in [-0.3, -0.25) is 9.69 Å². The number of carbonyl (C=O) groups is 1. The molecule has 2 heterocycles. The molecular weight excluding hydrogens is 274 g/mol. The van der Waals surface area contributed by atoms with Gasteiger partial charge in [-0.2, -0.15) is 0 Å². The molecule has 3 aliphatic rings. The monoisotopic (exact) mass is 307 g/mol. The number of hydrogen-bond donors (Lipinski definition) is 1. The van der Waals surface area contributed by atoms with E-state index in [1.807, 2.05) is 0 Å². The minimum Gasteiger partial charge on any atom is -0.341 e. The Bertz CT molecular complexity index is 361. The summed E-state index contributed by atoms with van der Waals surface area (Å²) in [7, 11) is 0. The van der Waals surface area contributed by atoms with E-state index >= 15 is 0 Å². The number of carbonyl (C=O) groups excluding carboxylic acids is 1. The van der Waals surface area contributed by atoms with Crippen LogP contribution >= 0.6 is 0 Å². The highest BCUT2D eigenvalue weighted by molar-refractivity contribution is 5.78. The molecule has 1 N–H and O–H groups in total. The predicted molar refractivity (Wildman–Crippen MR) is 89.8 cm³/mol. The summed E-state index contributed by atoms with van der Waals surface area (Å²) in [4.78, 5) is 17.5. The second-order valence-electron chi connectivity index (χ2n) is 7.65. The molecule has 0 aromatic heterocycles. The number of likely N-dealkylation sites (tertiary alicyclic amines) is 1. The summed E-state index contributed by atoms with van der Waals surface area (Å²) in [6.07, 6.45) is 9.13. The number of rotatable bonds is 4. The third-order valence-corrected chi connectivity index (χ3v) is 5.98. The highest BCUT2D eigenvalue weighted by atomic mass is 16.2. The molecule has 1 aliphatic carbocycles. The normalized spacial score (nSPS) is 29.7. The Labute approximate surface area is 135 Å². The molecule has 4 heteroatoms. The van der Waals surface area contributed by atoms with Crippen LogP contribution in [-0.4, -0.2) is 61.0 Å². The van der Waals surface area contributed by atoms with Crippen LogP contribution in [0.2, 0.25) is 0 Å². The van der Waals surface area contributed by atoms with Crippen molar-refractivity contribution in [2.45, 2.75) is 57.9 Å². The zero-order valence-electron chi connectivity index (χ0n) is 14.2. The Kier molecular flexibility index (Phi) is 5.75. The summed E-state index contributed by atoms with van der Waals surface area (Å²) in [6.45, 7) is 8.59. The maximum atomic E-state index is 12.7. The van der Waals surface area contributed by atoms with E-state index in [0.717, 1.165) is 51.6 Å². The predicted octanol–water partition coefficient (Wildman–Crippen LogP) is 2.10. The van der Waals surface area contributed by atoms with Crippen molar-refractivity contribution in [3.63, 3.8) is 0 Å². The lowest BCUT2D eigenvalue weighted by molar-refractivity contribution is -0.134. The van der Waals surface area contributed by atoms with E-state index in [1.54, 1.807) is 0 Å². The maximum Gasteiger partial charge on any atom is 0.225 e. The van der Waals surface area contributed by atoms with Crippen molar-refractivity contribution in [2.75, 3.05) is 39.3 Å². The van der Waals surface area contributed by atoms with Crippen LogP contribution in [0.1, 0.15) is 51.9 Å². The molecule has 0 radical (unpaired) electrons. The third kappa shape index (κ3) is 4.02. The molecule has 126 valence electrons. The molecule has 3 rings (SSSR count). The molecule has 2 aliphatic heterocycles. The Hall–Kier alpha value is -0.610. The minimum atomic E-state index is 0.227. The summed E-state index contributed by atoms with van der Waals surface area (Å²) in [5, 5.41) is 3.41. The van der Waals surface area contributed by atoms with Crippen LogP contribution in [0.3, 0.4) is 0 Å². The van der Waals surface area contributed by atoms with Gasteiger partial charge in [0.15, 0.2) is 0 Å². The van der Waals surface area contributed by atoms with E-state index in [9.17, 15) is 4.79 Å². The molecule has 4 nitrogen and oxygen atoms in total. The van der Waals surface area contributed by atoms with Crippen LogP contribution in [0.5, 0.6) is 0 Å². The number of piperazine rings is 1. The molecule has 2 atom stereocenters. The van der Waals surface area contributed by atoms with E-state index in [4.69, 9.17) is 0 Å². The molecule has 2 unspecified atom stereocenters.